The topological polar surface area (TPSA) is 49.4 Å². The van der Waals surface area contributed by atoms with Gasteiger partial charge in [-0.3, -0.25) is 0 Å². The predicted molar refractivity (Wildman–Crippen MR) is 79.3 cm³/mol. The molecule has 0 radical (unpaired) electrons. The summed E-state index contributed by atoms with van der Waals surface area (Å²) in [5, 5.41) is 3.17. The number of sulfone groups is 1. The van der Waals surface area contributed by atoms with Gasteiger partial charge in [0.2, 0.25) is 0 Å². The van der Waals surface area contributed by atoms with Crippen LogP contribution in [-0.2, 0) is 9.84 Å². The molecule has 1 aromatic carbocycles. The van der Waals surface area contributed by atoms with E-state index in [-0.39, 0.29) is 5.75 Å². The number of benzene rings is 1. The fraction of sp³-hybridized carbons (Fsp3) is 0.571. The number of hydrogen-bond acceptors (Lipinski definition) is 4. The van der Waals surface area contributed by atoms with Gasteiger partial charge in [-0.25, -0.2) is 8.42 Å². The third-order valence-electron chi connectivity index (χ3n) is 2.89. The SMILES string of the molecule is Cc1ccc(S(=O)(=O)CCNCCCN(C)C)cc1. The Morgan fingerprint density at radius 3 is 2.32 bits per heavy atom. The largest absolute Gasteiger partial charge is 0.316 e. The van der Waals surface area contributed by atoms with Crippen molar-refractivity contribution in [1.29, 1.82) is 0 Å². The van der Waals surface area contributed by atoms with Gasteiger partial charge in [-0.1, -0.05) is 17.7 Å². The van der Waals surface area contributed by atoms with Crippen molar-refractivity contribution in [3.05, 3.63) is 29.8 Å². The molecule has 0 aliphatic rings. The van der Waals surface area contributed by atoms with Crippen LogP contribution in [0.3, 0.4) is 0 Å². The first-order valence-corrected chi connectivity index (χ1v) is 8.22. The van der Waals surface area contributed by atoms with E-state index in [1.165, 1.54) is 0 Å². The Hall–Kier alpha value is -0.910. The third-order valence-corrected chi connectivity index (χ3v) is 4.62. The van der Waals surface area contributed by atoms with Crippen molar-refractivity contribution < 1.29 is 8.42 Å². The lowest BCUT2D eigenvalue weighted by Gasteiger charge is -2.10. The molecule has 4 nitrogen and oxygen atoms in total. The van der Waals surface area contributed by atoms with Crippen LogP contribution in [0.1, 0.15) is 12.0 Å². The molecule has 0 fully saturated rings. The third kappa shape index (κ3) is 6.18. The van der Waals surface area contributed by atoms with Gasteiger partial charge in [-0.2, -0.15) is 0 Å². The maximum atomic E-state index is 12.0. The van der Waals surface area contributed by atoms with Crippen molar-refractivity contribution in [3.8, 4) is 0 Å². The fourth-order valence-electron chi connectivity index (χ4n) is 1.72. The Morgan fingerprint density at radius 2 is 1.74 bits per heavy atom. The highest BCUT2D eigenvalue weighted by molar-refractivity contribution is 7.91. The molecule has 0 unspecified atom stereocenters. The lowest BCUT2D eigenvalue weighted by atomic mass is 10.2. The van der Waals surface area contributed by atoms with Gasteiger partial charge in [0.25, 0.3) is 0 Å². The molecule has 108 valence electrons. The minimum Gasteiger partial charge on any atom is -0.316 e. The molecule has 0 saturated carbocycles. The molecule has 0 aliphatic carbocycles. The first kappa shape index (κ1) is 16.1. The highest BCUT2D eigenvalue weighted by Crippen LogP contribution is 2.11. The average Bonchev–Trinajstić information content (AvgIpc) is 2.34. The van der Waals surface area contributed by atoms with Gasteiger partial charge < -0.3 is 10.2 Å². The zero-order chi connectivity index (χ0) is 14.3. The number of nitrogens with zero attached hydrogens (tertiary/aromatic N) is 1. The van der Waals surface area contributed by atoms with Crippen molar-refractivity contribution in [2.75, 3.05) is 39.5 Å². The molecule has 0 aromatic heterocycles. The van der Waals surface area contributed by atoms with Crippen molar-refractivity contribution in [2.24, 2.45) is 0 Å². The lowest BCUT2D eigenvalue weighted by molar-refractivity contribution is 0.395. The van der Waals surface area contributed by atoms with Gasteiger partial charge in [0, 0.05) is 6.54 Å². The number of aryl methyl sites for hydroxylation is 1. The highest BCUT2D eigenvalue weighted by atomic mass is 32.2. The maximum Gasteiger partial charge on any atom is 0.179 e. The van der Waals surface area contributed by atoms with E-state index in [0.29, 0.717) is 11.4 Å². The molecule has 1 N–H and O–H groups in total. The Balaban J connectivity index is 2.33. The second-order valence-corrected chi connectivity index (χ2v) is 7.15. The lowest BCUT2D eigenvalue weighted by Crippen LogP contribution is -2.26. The second kappa shape index (κ2) is 7.62. The molecule has 0 spiro atoms. The van der Waals surface area contributed by atoms with Crippen LogP contribution in [0.25, 0.3) is 0 Å². The molecule has 0 amide bonds. The Kier molecular flexibility index (Phi) is 6.48. The molecule has 0 saturated heterocycles. The molecule has 0 aliphatic heterocycles. The first-order chi connectivity index (χ1) is 8.92. The number of rotatable bonds is 8. The number of hydrogen-bond donors (Lipinski definition) is 1. The zero-order valence-corrected chi connectivity index (χ0v) is 12.8. The molecule has 0 heterocycles. The van der Waals surface area contributed by atoms with Crippen molar-refractivity contribution in [3.63, 3.8) is 0 Å². The Morgan fingerprint density at radius 1 is 1.11 bits per heavy atom. The van der Waals surface area contributed by atoms with Crippen LogP contribution in [0.15, 0.2) is 29.2 Å². The molecule has 1 aromatic rings. The van der Waals surface area contributed by atoms with Crippen LogP contribution in [-0.4, -0.2) is 52.8 Å². The van der Waals surface area contributed by atoms with E-state index < -0.39 is 9.84 Å². The Bertz CT molecular complexity index is 467. The summed E-state index contributed by atoms with van der Waals surface area (Å²) in [7, 11) is 0.906. The van der Waals surface area contributed by atoms with E-state index in [1.54, 1.807) is 12.1 Å². The summed E-state index contributed by atoms with van der Waals surface area (Å²) in [5.74, 6) is 0.151. The van der Waals surface area contributed by atoms with Crippen LogP contribution in [0.5, 0.6) is 0 Å². The summed E-state index contributed by atoms with van der Waals surface area (Å²) in [5.41, 5.74) is 1.07. The summed E-state index contributed by atoms with van der Waals surface area (Å²) < 4.78 is 24.1. The van der Waals surface area contributed by atoms with Crippen molar-refractivity contribution in [2.45, 2.75) is 18.2 Å². The molecular formula is C14H24N2O2S. The summed E-state index contributed by atoms with van der Waals surface area (Å²) in [6, 6.07) is 7.02. The quantitative estimate of drug-likeness (QED) is 0.731. The van der Waals surface area contributed by atoms with E-state index in [9.17, 15) is 8.42 Å². The molecule has 0 atom stereocenters. The first-order valence-electron chi connectivity index (χ1n) is 6.57. The average molecular weight is 284 g/mol. The van der Waals surface area contributed by atoms with E-state index >= 15 is 0 Å². The molecule has 19 heavy (non-hydrogen) atoms. The van der Waals surface area contributed by atoms with E-state index in [0.717, 1.165) is 25.1 Å². The molecule has 1 rings (SSSR count). The van der Waals surface area contributed by atoms with Gasteiger partial charge >= 0.3 is 0 Å². The summed E-state index contributed by atoms with van der Waals surface area (Å²) in [4.78, 5) is 2.53. The normalized spacial score (nSPS) is 12.0. The van der Waals surface area contributed by atoms with E-state index in [4.69, 9.17) is 0 Å². The van der Waals surface area contributed by atoms with Gasteiger partial charge in [0.15, 0.2) is 9.84 Å². The van der Waals surface area contributed by atoms with E-state index in [2.05, 4.69) is 10.2 Å². The van der Waals surface area contributed by atoms with Crippen LogP contribution >= 0.6 is 0 Å². The molecule has 5 heteroatoms. The maximum absolute atomic E-state index is 12.0. The minimum atomic E-state index is -3.15. The monoisotopic (exact) mass is 284 g/mol. The summed E-state index contributed by atoms with van der Waals surface area (Å²) in [6.07, 6.45) is 1.03. The highest BCUT2D eigenvalue weighted by Gasteiger charge is 2.13. The number of nitrogens with one attached hydrogen (secondary N) is 1. The standard InChI is InChI=1S/C14H24N2O2S/c1-13-5-7-14(8-6-13)19(17,18)12-10-15-9-4-11-16(2)3/h5-8,15H,4,9-12H2,1-3H3. The van der Waals surface area contributed by atoms with Crippen LogP contribution in [0.4, 0.5) is 0 Å². The fourth-order valence-corrected chi connectivity index (χ4v) is 2.91. The zero-order valence-electron chi connectivity index (χ0n) is 12.0. The van der Waals surface area contributed by atoms with Crippen molar-refractivity contribution in [1.82, 2.24) is 10.2 Å². The predicted octanol–water partition coefficient (Wildman–Crippen LogP) is 1.31. The van der Waals surface area contributed by atoms with Gasteiger partial charge in [0.1, 0.15) is 0 Å². The van der Waals surface area contributed by atoms with Gasteiger partial charge in [-0.15, -0.1) is 0 Å². The Labute approximate surface area is 116 Å². The van der Waals surface area contributed by atoms with Crippen LogP contribution < -0.4 is 5.32 Å². The summed E-state index contributed by atoms with van der Waals surface area (Å²) >= 11 is 0. The van der Waals surface area contributed by atoms with Crippen molar-refractivity contribution >= 4 is 9.84 Å². The van der Waals surface area contributed by atoms with Gasteiger partial charge in [0.05, 0.1) is 10.6 Å². The van der Waals surface area contributed by atoms with Gasteiger partial charge in [-0.05, 0) is 52.7 Å². The van der Waals surface area contributed by atoms with E-state index in [1.807, 2.05) is 33.2 Å². The summed E-state index contributed by atoms with van der Waals surface area (Å²) in [6.45, 7) is 4.31. The smallest absolute Gasteiger partial charge is 0.179 e. The van der Waals surface area contributed by atoms with Crippen LogP contribution in [0, 0.1) is 6.92 Å². The second-order valence-electron chi connectivity index (χ2n) is 5.04. The molecule has 0 bridgehead atoms. The van der Waals surface area contributed by atoms with Crippen LogP contribution in [0.2, 0.25) is 0 Å². The minimum absolute atomic E-state index is 0.151. The molecular weight excluding hydrogens is 260 g/mol.